The smallest absolute Gasteiger partial charge is 0.267 e. The molecule has 2 atom stereocenters. The highest BCUT2D eigenvalue weighted by Crippen LogP contribution is 2.35. The van der Waals surface area contributed by atoms with E-state index in [2.05, 4.69) is 18.7 Å². The van der Waals surface area contributed by atoms with Crippen LogP contribution in [0.3, 0.4) is 0 Å². The molecule has 9 heteroatoms. The summed E-state index contributed by atoms with van der Waals surface area (Å²) < 4.78 is 7.27. The van der Waals surface area contributed by atoms with Gasteiger partial charge in [-0.2, -0.15) is 0 Å². The van der Waals surface area contributed by atoms with Crippen LogP contribution >= 0.6 is 24.0 Å². The molecule has 192 valence electrons. The molecule has 4 heterocycles. The maximum absolute atomic E-state index is 13.8. The van der Waals surface area contributed by atoms with Crippen molar-refractivity contribution < 1.29 is 9.53 Å². The topological polar surface area (TPSA) is 67.2 Å². The number of anilines is 1. The van der Waals surface area contributed by atoms with Gasteiger partial charge in [-0.3, -0.25) is 18.9 Å². The maximum atomic E-state index is 13.8. The predicted molar refractivity (Wildman–Crippen MR) is 153 cm³/mol. The number of amides is 1. The fraction of sp³-hybridized carbons (Fsp3) is 0.357. The SMILES string of the molecule is COc1ccc(CN2C(=O)/C(=C\c3c(N4CC(C)CC(C)C4)nc4c(C)cccn4c3=O)SC2=S)cc1. The van der Waals surface area contributed by atoms with Gasteiger partial charge in [0.2, 0.25) is 0 Å². The van der Waals surface area contributed by atoms with Gasteiger partial charge in [0.15, 0.2) is 0 Å². The fourth-order valence-corrected chi connectivity index (χ4v) is 6.42. The lowest BCUT2D eigenvalue weighted by Gasteiger charge is -2.36. The summed E-state index contributed by atoms with van der Waals surface area (Å²) in [6, 6.07) is 11.4. The molecule has 0 saturated carbocycles. The number of piperidine rings is 1. The van der Waals surface area contributed by atoms with Crippen molar-refractivity contribution in [2.24, 2.45) is 11.8 Å². The van der Waals surface area contributed by atoms with E-state index >= 15 is 0 Å². The van der Waals surface area contributed by atoms with Crippen molar-refractivity contribution in [3.05, 3.63) is 74.5 Å². The number of aryl methyl sites for hydroxylation is 1. The van der Waals surface area contributed by atoms with Gasteiger partial charge in [-0.1, -0.05) is 56.0 Å². The fourth-order valence-electron chi connectivity index (χ4n) is 5.18. The largest absolute Gasteiger partial charge is 0.497 e. The van der Waals surface area contributed by atoms with Crippen molar-refractivity contribution in [1.29, 1.82) is 0 Å². The number of carbonyl (C=O) groups excluding carboxylic acids is 1. The first-order valence-electron chi connectivity index (χ1n) is 12.4. The Balaban J connectivity index is 1.56. The third kappa shape index (κ3) is 5.02. The van der Waals surface area contributed by atoms with Crippen LogP contribution in [0.5, 0.6) is 5.75 Å². The third-order valence-corrected chi connectivity index (χ3v) is 8.26. The molecule has 7 nitrogen and oxygen atoms in total. The van der Waals surface area contributed by atoms with E-state index in [9.17, 15) is 9.59 Å². The van der Waals surface area contributed by atoms with Gasteiger partial charge in [0.25, 0.3) is 11.5 Å². The standard InChI is InChI=1S/C28H30N4O3S2/c1-17-12-18(2)15-30(14-17)25-22(26(33)31-11-5-6-19(3)24(31)29-25)13-23-27(34)32(28(36)37-23)16-20-7-9-21(35-4)10-8-20/h5-11,13,17-18H,12,14-16H2,1-4H3/b23-13+. The van der Waals surface area contributed by atoms with E-state index in [0.29, 0.717) is 44.6 Å². The zero-order valence-electron chi connectivity index (χ0n) is 21.4. The summed E-state index contributed by atoms with van der Waals surface area (Å²) in [4.78, 5) is 36.4. The Morgan fingerprint density at radius 2 is 1.84 bits per heavy atom. The minimum absolute atomic E-state index is 0.185. The van der Waals surface area contributed by atoms with Gasteiger partial charge in [-0.25, -0.2) is 4.98 Å². The number of carbonyl (C=O) groups is 1. The predicted octanol–water partition coefficient (Wildman–Crippen LogP) is 4.90. The van der Waals surface area contributed by atoms with Crippen LogP contribution in [0.15, 0.2) is 52.3 Å². The second-order valence-corrected chi connectivity index (χ2v) is 11.7. The van der Waals surface area contributed by atoms with Crippen LogP contribution in [0.4, 0.5) is 5.82 Å². The summed E-state index contributed by atoms with van der Waals surface area (Å²) >= 11 is 6.79. The number of fused-ring (bicyclic) bond motifs is 1. The van der Waals surface area contributed by atoms with Gasteiger partial charge >= 0.3 is 0 Å². The van der Waals surface area contributed by atoms with Gasteiger partial charge in [0.05, 0.1) is 24.1 Å². The van der Waals surface area contributed by atoms with Crippen LogP contribution in [0.2, 0.25) is 0 Å². The van der Waals surface area contributed by atoms with E-state index in [1.807, 2.05) is 43.3 Å². The molecule has 0 N–H and O–H groups in total. The van der Waals surface area contributed by atoms with Crippen LogP contribution < -0.4 is 15.2 Å². The molecule has 1 amide bonds. The Labute approximate surface area is 226 Å². The Bertz CT molecular complexity index is 1450. The maximum Gasteiger partial charge on any atom is 0.267 e. The van der Waals surface area contributed by atoms with E-state index < -0.39 is 0 Å². The third-order valence-electron chi connectivity index (χ3n) is 6.88. The molecule has 1 aromatic carbocycles. The van der Waals surface area contributed by atoms with E-state index in [-0.39, 0.29) is 11.5 Å². The molecule has 2 fully saturated rings. The van der Waals surface area contributed by atoms with Crippen molar-refractivity contribution in [2.75, 3.05) is 25.1 Å². The molecule has 0 aliphatic carbocycles. The number of hydrogen-bond donors (Lipinski definition) is 0. The second-order valence-electron chi connectivity index (χ2n) is 10.0. The zero-order chi connectivity index (χ0) is 26.3. The number of hydrogen-bond acceptors (Lipinski definition) is 7. The summed E-state index contributed by atoms with van der Waals surface area (Å²) in [6.07, 6.45) is 4.56. The summed E-state index contributed by atoms with van der Waals surface area (Å²) in [5.41, 5.74) is 2.75. The molecule has 3 aromatic rings. The van der Waals surface area contributed by atoms with Crippen molar-refractivity contribution in [2.45, 2.75) is 33.7 Å². The number of methoxy groups -OCH3 is 1. The lowest BCUT2D eigenvalue weighted by atomic mass is 9.91. The number of thiocarbonyl (C=S) groups is 1. The van der Waals surface area contributed by atoms with Crippen molar-refractivity contribution >= 4 is 51.7 Å². The van der Waals surface area contributed by atoms with Gasteiger partial charge in [0.1, 0.15) is 21.5 Å². The molecule has 5 rings (SSSR count). The highest BCUT2D eigenvalue weighted by molar-refractivity contribution is 8.26. The molecule has 0 bridgehead atoms. The number of pyridine rings is 1. The highest BCUT2D eigenvalue weighted by Gasteiger charge is 2.33. The van der Waals surface area contributed by atoms with E-state index in [4.69, 9.17) is 21.9 Å². The van der Waals surface area contributed by atoms with E-state index in [0.717, 1.165) is 36.4 Å². The molecule has 2 unspecified atom stereocenters. The first-order valence-corrected chi connectivity index (χ1v) is 13.6. The first kappa shape index (κ1) is 25.5. The Kier molecular flexibility index (Phi) is 7.09. The number of thioether (sulfide) groups is 1. The van der Waals surface area contributed by atoms with Crippen molar-refractivity contribution in [1.82, 2.24) is 14.3 Å². The molecular formula is C28H30N4O3S2. The minimum atomic E-state index is -0.203. The summed E-state index contributed by atoms with van der Waals surface area (Å²) in [5, 5.41) is 0. The molecule has 2 aliphatic heterocycles. The number of rotatable bonds is 5. The molecule has 37 heavy (non-hydrogen) atoms. The molecule has 2 aromatic heterocycles. The molecule has 0 radical (unpaired) electrons. The van der Waals surface area contributed by atoms with Crippen LogP contribution in [0.25, 0.3) is 11.7 Å². The van der Waals surface area contributed by atoms with Gasteiger partial charge in [0, 0.05) is 19.3 Å². The Morgan fingerprint density at radius 3 is 2.51 bits per heavy atom. The summed E-state index contributed by atoms with van der Waals surface area (Å²) in [5.74, 6) is 2.15. The van der Waals surface area contributed by atoms with Crippen LogP contribution in [0.1, 0.15) is 37.0 Å². The summed E-state index contributed by atoms with van der Waals surface area (Å²) in [6.45, 7) is 8.40. The van der Waals surface area contributed by atoms with Crippen LogP contribution in [0, 0.1) is 18.8 Å². The first-order chi connectivity index (χ1) is 17.7. The number of ether oxygens (including phenoxy) is 1. The average molecular weight is 535 g/mol. The zero-order valence-corrected chi connectivity index (χ0v) is 23.1. The molecular weight excluding hydrogens is 504 g/mol. The van der Waals surface area contributed by atoms with Crippen LogP contribution in [-0.4, -0.2) is 44.7 Å². The molecule has 2 saturated heterocycles. The monoisotopic (exact) mass is 534 g/mol. The number of aromatic nitrogens is 2. The lowest BCUT2D eigenvalue weighted by Crippen LogP contribution is -2.40. The quantitative estimate of drug-likeness (QED) is 0.341. The Hall–Kier alpha value is -3.17. The molecule has 0 spiro atoms. The minimum Gasteiger partial charge on any atom is -0.497 e. The number of benzene rings is 1. The van der Waals surface area contributed by atoms with Gasteiger partial charge in [-0.05, 0) is 60.6 Å². The normalized spacial score (nSPS) is 21.4. The van der Waals surface area contributed by atoms with Crippen LogP contribution in [-0.2, 0) is 11.3 Å². The number of nitrogens with zero attached hydrogens (tertiary/aromatic N) is 4. The van der Waals surface area contributed by atoms with Crippen molar-refractivity contribution in [3.8, 4) is 5.75 Å². The summed E-state index contributed by atoms with van der Waals surface area (Å²) in [7, 11) is 1.62. The van der Waals surface area contributed by atoms with Gasteiger partial charge in [-0.15, -0.1) is 0 Å². The van der Waals surface area contributed by atoms with Crippen molar-refractivity contribution in [3.63, 3.8) is 0 Å². The second kappa shape index (κ2) is 10.3. The molecule has 2 aliphatic rings. The highest BCUT2D eigenvalue weighted by atomic mass is 32.2. The van der Waals surface area contributed by atoms with E-state index in [1.165, 1.54) is 11.8 Å². The average Bonchev–Trinajstić information content (AvgIpc) is 3.13. The lowest BCUT2D eigenvalue weighted by molar-refractivity contribution is -0.122. The van der Waals surface area contributed by atoms with Gasteiger partial charge < -0.3 is 9.64 Å². The van der Waals surface area contributed by atoms with E-state index in [1.54, 1.807) is 28.7 Å². The Morgan fingerprint density at radius 1 is 1.14 bits per heavy atom.